The van der Waals surface area contributed by atoms with Gasteiger partial charge in [-0.05, 0) is 31.0 Å². The zero-order valence-corrected chi connectivity index (χ0v) is 22.2. The summed E-state index contributed by atoms with van der Waals surface area (Å²) in [7, 11) is 0. The van der Waals surface area contributed by atoms with Crippen LogP contribution in [0.25, 0.3) is 0 Å². The Labute approximate surface area is 224 Å². The van der Waals surface area contributed by atoms with Crippen LogP contribution in [0.1, 0.15) is 30.0 Å². The van der Waals surface area contributed by atoms with E-state index in [-0.39, 0.29) is 31.7 Å². The number of halogens is 3. The number of thiazole rings is 1. The average Bonchev–Trinajstić information content (AvgIpc) is 3.38. The minimum absolute atomic E-state index is 0.0137. The fourth-order valence-corrected chi connectivity index (χ4v) is 5.40. The molecule has 0 saturated carbocycles. The van der Waals surface area contributed by atoms with Crippen LogP contribution in [0.2, 0.25) is 0 Å². The van der Waals surface area contributed by atoms with Gasteiger partial charge in [0.05, 0.1) is 18.3 Å². The van der Waals surface area contributed by atoms with E-state index in [0.717, 1.165) is 0 Å². The van der Waals surface area contributed by atoms with Crippen molar-refractivity contribution >= 4 is 45.0 Å². The van der Waals surface area contributed by atoms with E-state index in [4.69, 9.17) is 19.6 Å². The van der Waals surface area contributed by atoms with Crippen LogP contribution in [0.4, 0.5) is 8.78 Å². The number of aliphatic imine (C=N–C) groups is 1. The molecule has 3 atom stereocenters. The first kappa shape index (κ1) is 27.3. The van der Waals surface area contributed by atoms with Gasteiger partial charge in [0.2, 0.25) is 0 Å². The number of carboxylic acid groups (broad SMARTS) is 1. The number of likely N-dealkylation sites (tertiary alicyclic amines) is 1. The number of alkyl halides is 1. The van der Waals surface area contributed by atoms with Crippen molar-refractivity contribution in [3.63, 3.8) is 0 Å². The van der Waals surface area contributed by atoms with Crippen LogP contribution in [-0.4, -0.2) is 77.9 Å². The monoisotopic (exact) mass is 598 g/mol. The quantitative estimate of drug-likeness (QED) is 0.422. The number of hydrogen-bond donors (Lipinski definition) is 2. The van der Waals surface area contributed by atoms with Crippen molar-refractivity contribution in [2.45, 2.75) is 31.7 Å². The van der Waals surface area contributed by atoms with Crippen molar-refractivity contribution in [1.82, 2.24) is 15.2 Å². The van der Waals surface area contributed by atoms with Crippen molar-refractivity contribution in [2.24, 2.45) is 4.99 Å². The van der Waals surface area contributed by atoms with Crippen molar-refractivity contribution in [3.05, 3.63) is 61.9 Å². The molecular weight excluding hydrogens is 574 g/mol. The molecule has 3 heterocycles. The van der Waals surface area contributed by atoms with Gasteiger partial charge in [-0.2, -0.15) is 0 Å². The molecular formula is C24H25BrF2N4O5S. The van der Waals surface area contributed by atoms with E-state index in [1.54, 1.807) is 24.6 Å². The lowest BCUT2D eigenvalue weighted by molar-refractivity contribution is -0.147. The van der Waals surface area contributed by atoms with E-state index in [9.17, 15) is 18.4 Å². The number of nitrogens with one attached hydrogen (secondary N) is 1. The van der Waals surface area contributed by atoms with Crippen molar-refractivity contribution in [2.75, 3.05) is 32.8 Å². The molecule has 1 aromatic heterocycles. The first-order valence-corrected chi connectivity index (χ1v) is 13.2. The van der Waals surface area contributed by atoms with Crippen molar-refractivity contribution < 1.29 is 33.0 Å². The van der Waals surface area contributed by atoms with Gasteiger partial charge in [-0.15, -0.1) is 11.3 Å². The first-order chi connectivity index (χ1) is 17.8. The minimum Gasteiger partial charge on any atom is -0.480 e. The van der Waals surface area contributed by atoms with Crippen LogP contribution in [0.15, 0.2) is 50.5 Å². The summed E-state index contributed by atoms with van der Waals surface area (Å²) in [5.74, 6) is -1.77. The SMILES string of the molecule is CCOC(=O)C1=C(CN2CCC(OCC(=O)O)C(F)C2)NC(c2nccs2)=NC1c1ccc(F)cc1Br. The van der Waals surface area contributed by atoms with Crippen LogP contribution in [0.3, 0.4) is 0 Å². The maximum atomic E-state index is 14.9. The Morgan fingerprint density at radius 1 is 1.38 bits per heavy atom. The Morgan fingerprint density at radius 3 is 2.84 bits per heavy atom. The molecule has 3 unspecified atom stereocenters. The van der Waals surface area contributed by atoms with E-state index in [2.05, 4.69) is 26.2 Å². The summed E-state index contributed by atoms with van der Waals surface area (Å²) in [4.78, 5) is 34.9. The molecule has 0 spiro atoms. The molecule has 0 amide bonds. The lowest BCUT2D eigenvalue weighted by Gasteiger charge is -2.36. The number of aromatic nitrogens is 1. The number of amidine groups is 1. The van der Waals surface area contributed by atoms with Crippen LogP contribution in [-0.2, 0) is 19.1 Å². The number of nitrogens with zero attached hydrogens (tertiary/aromatic N) is 3. The fraction of sp³-hybridized carbons (Fsp3) is 0.417. The lowest BCUT2D eigenvalue weighted by Crippen LogP contribution is -2.48. The maximum absolute atomic E-state index is 14.9. The summed E-state index contributed by atoms with van der Waals surface area (Å²) in [5.41, 5.74) is 1.26. The Bertz CT molecular complexity index is 1210. The fourth-order valence-electron chi connectivity index (χ4n) is 4.25. The van der Waals surface area contributed by atoms with Gasteiger partial charge in [0.25, 0.3) is 0 Å². The topological polar surface area (TPSA) is 113 Å². The second-order valence-corrected chi connectivity index (χ2v) is 10.2. The Kier molecular flexibility index (Phi) is 9.00. The third-order valence-electron chi connectivity index (χ3n) is 5.88. The molecule has 198 valence electrons. The Morgan fingerprint density at radius 2 is 2.19 bits per heavy atom. The third-order valence-corrected chi connectivity index (χ3v) is 7.35. The predicted molar refractivity (Wildman–Crippen MR) is 136 cm³/mol. The second-order valence-electron chi connectivity index (χ2n) is 8.40. The lowest BCUT2D eigenvalue weighted by atomic mass is 9.95. The second kappa shape index (κ2) is 12.2. The number of esters is 1. The smallest absolute Gasteiger partial charge is 0.338 e. The van der Waals surface area contributed by atoms with Crippen molar-refractivity contribution in [1.29, 1.82) is 0 Å². The molecule has 0 bridgehead atoms. The highest BCUT2D eigenvalue weighted by Gasteiger charge is 2.36. The summed E-state index contributed by atoms with van der Waals surface area (Å²) >= 11 is 4.75. The van der Waals surface area contributed by atoms with Crippen LogP contribution in [0.5, 0.6) is 0 Å². The molecule has 2 N–H and O–H groups in total. The largest absolute Gasteiger partial charge is 0.480 e. The van der Waals surface area contributed by atoms with Gasteiger partial charge < -0.3 is 19.9 Å². The molecule has 0 aliphatic carbocycles. The van der Waals surface area contributed by atoms with Crippen LogP contribution >= 0.6 is 27.3 Å². The molecule has 13 heteroatoms. The van der Waals surface area contributed by atoms with Gasteiger partial charge in [-0.25, -0.2) is 23.4 Å². The van der Waals surface area contributed by atoms with Crippen LogP contribution in [0, 0.1) is 5.82 Å². The summed E-state index contributed by atoms with van der Waals surface area (Å²) in [6.07, 6.45) is -0.304. The van der Waals surface area contributed by atoms with E-state index in [1.807, 2.05) is 4.90 Å². The Balaban J connectivity index is 1.68. The Hall–Kier alpha value is -2.74. The van der Waals surface area contributed by atoms with Crippen molar-refractivity contribution in [3.8, 4) is 0 Å². The molecule has 4 rings (SSSR count). The number of ether oxygens (including phenoxy) is 2. The van der Waals surface area contributed by atoms with E-state index >= 15 is 0 Å². The third kappa shape index (κ3) is 6.58. The number of benzene rings is 1. The number of carboxylic acids is 1. The zero-order valence-electron chi connectivity index (χ0n) is 19.8. The maximum Gasteiger partial charge on any atom is 0.338 e. The predicted octanol–water partition coefficient (Wildman–Crippen LogP) is 3.47. The van der Waals surface area contributed by atoms with Gasteiger partial charge >= 0.3 is 11.9 Å². The number of rotatable bonds is 9. The molecule has 1 saturated heterocycles. The highest BCUT2D eigenvalue weighted by Crippen LogP contribution is 2.37. The minimum atomic E-state index is -1.41. The van der Waals surface area contributed by atoms with E-state index < -0.39 is 42.7 Å². The first-order valence-electron chi connectivity index (χ1n) is 11.6. The number of carbonyl (C=O) groups excluding carboxylic acids is 1. The van der Waals surface area contributed by atoms with Crippen LogP contribution < -0.4 is 5.32 Å². The van der Waals surface area contributed by atoms with Gasteiger partial charge in [0, 0.05) is 41.4 Å². The van der Waals surface area contributed by atoms with E-state index in [1.165, 1.54) is 23.5 Å². The molecule has 2 aromatic rings. The average molecular weight is 599 g/mol. The van der Waals surface area contributed by atoms with Gasteiger partial charge in [-0.1, -0.05) is 22.0 Å². The number of hydrogen-bond acceptors (Lipinski definition) is 9. The normalized spacial score (nSPS) is 22.4. The highest BCUT2D eigenvalue weighted by atomic mass is 79.9. The number of piperidine rings is 1. The molecule has 1 fully saturated rings. The number of aliphatic carboxylic acids is 1. The van der Waals surface area contributed by atoms with Gasteiger partial charge in [-0.3, -0.25) is 9.89 Å². The molecule has 2 aliphatic rings. The highest BCUT2D eigenvalue weighted by molar-refractivity contribution is 9.10. The summed E-state index contributed by atoms with van der Waals surface area (Å²) in [6, 6.07) is 3.31. The van der Waals surface area contributed by atoms with Gasteiger partial charge in [0.1, 0.15) is 24.6 Å². The van der Waals surface area contributed by atoms with E-state index in [0.29, 0.717) is 33.1 Å². The summed E-state index contributed by atoms with van der Waals surface area (Å²) in [5, 5.41) is 14.4. The van der Waals surface area contributed by atoms with Gasteiger partial charge in [0.15, 0.2) is 10.8 Å². The molecule has 0 radical (unpaired) electrons. The zero-order chi connectivity index (χ0) is 26.5. The number of carbonyl (C=O) groups is 2. The molecule has 37 heavy (non-hydrogen) atoms. The molecule has 2 aliphatic heterocycles. The molecule has 9 nitrogen and oxygen atoms in total. The summed E-state index contributed by atoms with van der Waals surface area (Å²) in [6.45, 7) is 1.83. The molecule has 1 aromatic carbocycles. The standard InChI is InChI=1S/C24H25BrF2N4O5S/c1-2-35-24(34)20-17(11-31-7-5-18(16(27)10-31)36-12-19(32)33)29-22(23-28-6-8-37-23)30-21(20)14-4-3-13(26)9-15(14)25/h3-4,6,8-9,16,18,21H,2,5,7,10-12H2,1H3,(H,29,30)(H,32,33). The summed E-state index contributed by atoms with van der Waals surface area (Å²) < 4.78 is 39.7.